The van der Waals surface area contributed by atoms with Crippen LogP contribution in [0.3, 0.4) is 0 Å². The summed E-state index contributed by atoms with van der Waals surface area (Å²) < 4.78 is 0. The van der Waals surface area contributed by atoms with Crippen molar-refractivity contribution in [1.29, 1.82) is 0 Å². The molecule has 2 heterocycles. The molecule has 4 rings (SSSR count). The number of amides is 2. The summed E-state index contributed by atoms with van der Waals surface area (Å²) in [5.74, 6) is 0.475. The highest BCUT2D eigenvalue weighted by molar-refractivity contribution is 8.00. The fourth-order valence-corrected chi connectivity index (χ4v) is 5.13. The first kappa shape index (κ1) is 20.9. The lowest BCUT2D eigenvalue weighted by Crippen LogP contribution is -3.11. The van der Waals surface area contributed by atoms with Gasteiger partial charge in [0, 0.05) is 30.0 Å². The number of para-hydroxylation sites is 1. The van der Waals surface area contributed by atoms with Crippen LogP contribution in [0.4, 0.5) is 5.69 Å². The summed E-state index contributed by atoms with van der Waals surface area (Å²) in [6.45, 7) is 4.59. The molecule has 0 bridgehead atoms. The number of rotatable bonds is 7. The average Bonchev–Trinajstić information content (AvgIpc) is 2.78. The van der Waals surface area contributed by atoms with Gasteiger partial charge in [0.15, 0.2) is 0 Å². The summed E-state index contributed by atoms with van der Waals surface area (Å²) in [4.78, 5) is 29.2. The molecule has 0 saturated carbocycles. The number of quaternary nitrogens is 1. The SMILES string of the molecule is O=C(CCN1C(=O)CSc2ccccc21)NCc1ccc(C[NH+]2CCCCC2)cc1. The number of piperidine rings is 1. The van der Waals surface area contributed by atoms with Crippen LogP contribution in [-0.2, 0) is 22.7 Å². The van der Waals surface area contributed by atoms with E-state index in [1.165, 1.54) is 37.9 Å². The summed E-state index contributed by atoms with van der Waals surface area (Å²) in [5.41, 5.74) is 3.39. The quantitative estimate of drug-likeness (QED) is 0.718. The van der Waals surface area contributed by atoms with Crippen LogP contribution in [-0.4, -0.2) is 37.2 Å². The smallest absolute Gasteiger partial charge is 0.237 e. The molecule has 0 aliphatic carbocycles. The Morgan fingerprint density at radius 1 is 1.00 bits per heavy atom. The number of benzene rings is 2. The maximum Gasteiger partial charge on any atom is 0.237 e. The highest BCUT2D eigenvalue weighted by Gasteiger charge is 2.24. The molecule has 0 spiro atoms. The lowest BCUT2D eigenvalue weighted by atomic mass is 10.1. The van der Waals surface area contributed by atoms with Crippen LogP contribution in [0.25, 0.3) is 0 Å². The third kappa shape index (κ3) is 5.43. The van der Waals surface area contributed by atoms with Crippen molar-refractivity contribution in [3.05, 3.63) is 59.7 Å². The molecule has 2 aromatic carbocycles. The summed E-state index contributed by atoms with van der Waals surface area (Å²) >= 11 is 1.56. The van der Waals surface area contributed by atoms with E-state index in [9.17, 15) is 9.59 Å². The Bertz CT molecular complexity index is 878. The first-order valence-electron chi connectivity index (χ1n) is 10.9. The Morgan fingerprint density at radius 2 is 1.73 bits per heavy atom. The van der Waals surface area contributed by atoms with Crippen LogP contribution >= 0.6 is 11.8 Å². The number of likely N-dealkylation sites (tertiary alicyclic amines) is 1. The summed E-state index contributed by atoms with van der Waals surface area (Å²) in [5, 5.41) is 2.99. The van der Waals surface area contributed by atoms with Crippen molar-refractivity contribution in [2.24, 2.45) is 0 Å². The van der Waals surface area contributed by atoms with E-state index in [0.717, 1.165) is 22.7 Å². The fourth-order valence-electron chi connectivity index (χ4n) is 4.19. The molecule has 0 aromatic heterocycles. The maximum atomic E-state index is 12.3. The van der Waals surface area contributed by atoms with Gasteiger partial charge in [-0.1, -0.05) is 36.4 Å². The zero-order valence-corrected chi connectivity index (χ0v) is 18.2. The van der Waals surface area contributed by atoms with Crippen molar-refractivity contribution in [2.45, 2.75) is 43.7 Å². The van der Waals surface area contributed by atoms with E-state index in [0.29, 0.717) is 25.3 Å². The monoisotopic (exact) mass is 424 g/mol. The Hall–Kier alpha value is -2.31. The number of carbonyl (C=O) groups is 2. The molecule has 0 radical (unpaired) electrons. The van der Waals surface area contributed by atoms with Crippen LogP contribution in [0, 0.1) is 0 Å². The van der Waals surface area contributed by atoms with Gasteiger partial charge in [-0.2, -0.15) is 0 Å². The van der Waals surface area contributed by atoms with Gasteiger partial charge < -0.3 is 15.1 Å². The molecule has 5 nitrogen and oxygen atoms in total. The summed E-state index contributed by atoms with van der Waals surface area (Å²) in [6, 6.07) is 16.5. The van der Waals surface area contributed by atoms with Gasteiger partial charge >= 0.3 is 0 Å². The Balaban J connectivity index is 1.23. The van der Waals surface area contributed by atoms with Crippen molar-refractivity contribution in [3.8, 4) is 0 Å². The average molecular weight is 425 g/mol. The number of thioether (sulfide) groups is 1. The van der Waals surface area contributed by atoms with Crippen molar-refractivity contribution in [1.82, 2.24) is 5.32 Å². The van der Waals surface area contributed by atoms with Crippen molar-refractivity contribution in [3.63, 3.8) is 0 Å². The van der Waals surface area contributed by atoms with E-state index in [-0.39, 0.29) is 11.8 Å². The fraction of sp³-hybridized carbons (Fsp3) is 0.417. The van der Waals surface area contributed by atoms with E-state index in [1.807, 2.05) is 24.3 Å². The number of nitrogens with zero attached hydrogens (tertiary/aromatic N) is 1. The van der Waals surface area contributed by atoms with E-state index in [2.05, 4.69) is 29.6 Å². The second kappa shape index (κ2) is 10.1. The third-order valence-corrected chi connectivity index (χ3v) is 6.95. The number of hydrogen-bond donors (Lipinski definition) is 2. The van der Waals surface area contributed by atoms with Crippen LogP contribution in [0.2, 0.25) is 0 Å². The molecule has 2 aliphatic heterocycles. The van der Waals surface area contributed by atoms with Crippen LogP contribution in [0.1, 0.15) is 36.8 Å². The normalized spacial score (nSPS) is 16.9. The molecule has 2 aliphatic rings. The standard InChI is InChI=1S/C24H29N3O2S/c28-23(12-15-27-21-6-2-3-7-22(21)30-18-24(27)29)25-16-19-8-10-20(11-9-19)17-26-13-4-1-5-14-26/h2-3,6-11H,1,4-5,12-18H2,(H,25,28)/p+1. The van der Waals surface area contributed by atoms with Crippen molar-refractivity contribution < 1.29 is 14.5 Å². The van der Waals surface area contributed by atoms with Crippen LogP contribution < -0.4 is 15.1 Å². The van der Waals surface area contributed by atoms with Gasteiger partial charge in [0.1, 0.15) is 6.54 Å². The molecular formula is C24H30N3O2S+. The minimum Gasteiger partial charge on any atom is -0.352 e. The molecule has 6 heteroatoms. The number of fused-ring (bicyclic) bond motifs is 1. The first-order valence-corrected chi connectivity index (χ1v) is 11.9. The molecule has 158 valence electrons. The highest BCUT2D eigenvalue weighted by atomic mass is 32.2. The van der Waals surface area contributed by atoms with Gasteiger partial charge in [0.05, 0.1) is 24.5 Å². The third-order valence-electron chi connectivity index (χ3n) is 5.90. The maximum absolute atomic E-state index is 12.3. The predicted molar refractivity (Wildman–Crippen MR) is 121 cm³/mol. The van der Waals surface area contributed by atoms with E-state index >= 15 is 0 Å². The number of anilines is 1. The summed E-state index contributed by atoms with van der Waals surface area (Å²) in [6.07, 6.45) is 4.36. The molecule has 2 amide bonds. The van der Waals surface area contributed by atoms with Gasteiger partial charge in [-0.15, -0.1) is 11.8 Å². The van der Waals surface area contributed by atoms with Gasteiger partial charge in [0.25, 0.3) is 0 Å². The molecule has 1 saturated heterocycles. The van der Waals surface area contributed by atoms with Crippen molar-refractivity contribution >= 4 is 29.3 Å². The van der Waals surface area contributed by atoms with Crippen LogP contribution in [0.15, 0.2) is 53.4 Å². The lowest BCUT2D eigenvalue weighted by Gasteiger charge is -2.28. The zero-order chi connectivity index (χ0) is 20.8. The minimum absolute atomic E-state index is 0.0275. The topological polar surface area (TPSA) is 53.9 Å². The Kier molecular flexibility index (Phi) is 7.07. The van der Waals surface area contributed by atoms with E-state index < -0.39 is 0 Å². The predicted octanol–water partition coefficient (Wildman–Crippen LogP) is 2.40. The lowest BCUT2D eigenvalue weighted by molar-refractivity contribution is -0.918. The van der Waals surface area contributed by atoms with Gasteiger partial charge in [-0.25, -0.2) is 0 Å². The molecule has 1 fully saturated rings. The molecule has 0 unspecified atom stereocenters. The Labute approximate surface area is 182 Å². The second-order valence-corrected chi connectivity index (χ2v) is 9.15. The molecule has 0 atom stereocenters. The van der Waals surface area contributed by atoms with Crippen molar-refractivity contribution in [2.75, 3.05) is 30.3 Å². The highest BCUT2D eigenvalue weighted by Crippen LogP contribution is 2.34. The molecule has 2 aromatic rings. The molecule has 30 heavy (non-hydrogen) atoms. The molecule has 2 N–H and O–H groups in total. The number of hydrogen-bond acceptors (Lipinski definition) is 3. The first-order chi connectivity index (χ1) is 14.7. The minimum atomic E-state index is -0.0275. The largest absolute Gasteiger partial charge is 0.352 e. The van der Waals surface area contributed by atoms with Gasteiger partial charge in [0.2, 0.25) is 11.8 Å². The van der Waals surface area contributed by atoms with Gasteiger partial charge in [-0.3, -0.25) is 9.59 Å². The van der Waals surface area contributed by atoms with E-state index in [4.69, 9.17) is 0 Å². The molecular weight excluding hydrogens is 394 g/mol. The number of nitrogens with one attached hydrogen (secondary N) is 2. The zero-order valence-electron chi connectivity index (χ0n) is 17.4. The van der Waals surface area contributed by atoms with E-state index in [1.54, 1.807) is 21.6 Å². The Morgan fingerprint density at radius 3 is 2.53 bits per heavy atom. The number of carbonyl (C=O) groups excluding carboxylic acids is 2. The summed E-state index contributed by atoms with van der Waals surface area (Å²) in [7, 11) is 0. The van der Waals surface area contributed by atoms with Crippen LogP contribution in [0.5, 0.6) is 0 Å². The second-order valence-electron chi connectivity index (χ2n) is 8.13. The van der Waals surface area contributed by atoms with Gasteiger partial charge in [-0.05, 0) is 37.0 Å².